The molecule has 2 rings (SSSR count). The third-order valence-electron chi connectivity index (χ3n) is 1.83. The second kappa shape index (κ2) is 3.38. The van der Waals surface area contributed by atoms with Gasteiger partial charge in [0.05, 0.1) is 11.9 Å². The molecule has 2 heterocycles. The number of pyridine rings is 1. The van der Waals surface area contributed by atoms with Crippen LogP contribution in [0, 0.1) is 0 Å². The minimum atomic E-state index is -4.42. The summed E-state index contributed by atoms with van der Waals surface area (Å²) in [7, 11) is 0. The van der Waals surface area contributed by atoms with Crippen LogP contribution in [-0.2, 0) is 6.18 Å². The molecule has 0 amide bonds. The molecule has 0 radical (unpaired) electrons. The first-order valence-corrected chi connectivity index (χ1v) is 4.11. The minimum Gasteiger partial charge on any atom is -0.285 e. The van der Waals surface area contributed by atoms with Crippen LogP contribution in [0.3, 0.4) is 0 Å². The van der Waals surface area contributed by atoms with Crippen LogP contribution in [-0.4, -0.2) is 15.2 Å². The minimum absolute atomic E-state index is 0.249. The quantitative estimate of drug-likeness (QED) is 0.790. The average Bonchev–Trinajstić information content (AvgIpc) is 2.69. The van der Waals surface area contributed by atoms with Crippen LogP contribution in [0.15, 0.2) is 30.6 Å². The van der Waals surface area contributed by atoms with E-state index in [-0.39, 0.29) is 5.69 Å². The highest BCUT2D eigenvalue weighted by Crippen LogP contribution is 2.28. The van der Waals surface area contributed by atoms with Gasteiger partial charge in [-0.1, -0.05) is 6.07 Å². The molecule has 2 aromatic heterocycles. The van der Waals surface area contributed by atoms with Crippen LogP contribution in [0.25, 0.3) is 11.3 Å². The molecule has 0 spiro atoms. The molecular formula is C9H6F3N3. The van der Waals surface area contributed by atoms with Crippen molar-refractivity contribution in [1.82, 2.24) is 15.2 Å². The molecule has 0 atom stereocenters. The second-order valence-electron chi connectivity index (χ2n) is 2.89. The van der Waals surface area contributed by atoms with Crippen molar-refractivity contribution in [3.8, 4) is 11.3 Å². The predicted octanol–water partition coefficient (Wildman–Crippen LogP) is 2.49. The monoisotopic (exact) mass is 213 g/mol. The van der Waals surface area contributed by atoms with Gasteiger partial charge in [0.15, 0.2) is 0 Å². The van der Waals surface area contributed by atoms with Gasteiger partial charge >= 0.3 is 6.18 Å². The molecule has 2 aromatic rings. The maximum absolute atomic E-state index is 12.3. The summed E-state index contributed by atoms with van der Waals surface area (Å²) in [5, 5.41) is 6.16. The Kier molecular flexibility index (Phi) is 2.18. The Bertz CT molecular complexity index is 448. The summed E-state index contributed by atoms with van der Waals surface area (Å²) in [6.45, 7) is 0. The highest BCUT2D eigenvalue weighted by atomic mass is 19.4. The number of rotatable bonds is 1. The van der Waals surface area contributed by atoms with Gasteiger partial charge in [0.2, 0.25) is 0 Å². The van der Waals surface area contributed by atoms with E-state index in [2.05, 4.69) is 15.2 Å². The summed E-state index contributed by atoms with van der Waals surface area (Å²) >= 11 is 0. The van der Waals surface area contributed by atoms with E-state index in [0.29, 0.717) is 5.56 Å². The number of alkyl halides is 3. The van der Waals surface area contributed by atoms with E-state index in [1.807, 2.05) is 0 Å². The lowest BCUT2D eigenvalue weighted by molar-refractivity contribution is -0.141. The van der Waals surface area contributed by atoms with E-state index >= 15 is 0 Å². The second-order valence-corrected chi connectivity index (χ2v) is 2.89. The van der Waals surface area contributed by atoms with Gasteiger partial charge in [-0.15, -0.1) is 0 Å². The van der Waals surface area contributed by atoms with Crippen LogP contribution in [0.5, 0.6) is 0 Å². The van der Waals surface area contributed by atoms with Crippen LogP contribution in [0.4, 0.5) is 13.2 Å². The molecule has 0 bridgehead atoms. The highest BCUT2D eigenvalue weighted by Gasteiger charge is 2.32. The van der Waals surface area contributed by atoms with Gasteiger partial charge in [-0.3, -0.25) is 5.10 Å². The van der Waals surface area contributed by atoms with E-state index in [1.54, 1.807) is 0 Å². The fourth-order valence-corrected chi connectivity index (χ4v) is 1.14. The fraction of sp³-hybridized carbons (Fsp3) is 0.111. The van der Waals surface area contributed by atoms with Gasteiger partial charge in [0, 0.05) is 11.8 Å². The molecule has 6 heteroatoms. The van der Waals surface area contributed by atoms with E-state index in [1.165, 1.54) is 24.5 Å². The molecule has 15 heavy (non-hydrogen) atoms. The lowest BCUT2D eigenvalue weighted by atomic mass is 10.2. The average molecular weight is 213 g/mol. The lowest BCUT2D eigenvalue weighted by Crippen LogP contribution is -2.07. The summed E-state index contributed by atoms with van der Waals surface area (Å²) in [5.41, 5.74) is -0.124. The predicted molar refractivity (Wildman–Crippen MR) is 46.8 cm³/mol. The number of H-pyrrole nitrogens is 1. The molecule has 78 valence electrons. The fourth-order valence-electron chi connectivity index (χ4n) is 1.14. The van der Waals surface area contributed by atoms with Gasteiger partial charge < -0.3 is 0 Å². The molecular weight excluding hydrogens is 207 g/mol. The van der Waals surface area contributed by atoms with Crippen molar-refractivity contribution in [2.75, 3.05) is 0 Å². The molecule has 3 nitrogen and oxygen atoms in total. The van der Waals surface area contributed by atoms with Gasteiger partial charge in [0.25, 0.3) is 0 Å². The standard InChI is InChI=1S/C9H6F3N3/c10-9(11,12)8-3-1-2-7(15-8)6-4-13-14-5-6/h1-5H,(H,13,14). The Labute approximate surface area is 83.0 Å². The first-order chi connectivity index (χ1) is 7.07. The number of hydrogen-bond acceptors (Lipinski definition) is 2. The first kappa shape index (κ1) is 9.70. The summed E-state index contributed by atoms with van der Waals surface area (Å²) in [6, 6.07) is 3.75. The largest absolute Gasteiger partial charge is 0.433 e. The highest BCUT2D eigenvalue weighted by molar-refractivity contribution is 5.56. The van der Waals surface area contributed by atoms with Gasteiger partial charge in [0.1, 0.15) is 5.69 Å². The molecule has 0 aliphatic heterocycles. The van der Waals surface area contributed by atoms with E-state index in [0.717, 1.165) is 6.07 Å². The molecule has 0 unspecified atom stereocenters. The summed E-state index contributed by atoms with van der Waals surface area (Å²) in [4.78, 5) is 3.50. The van der Waals surface area contributed by atoms with E-state index in [4.69, 9.17) is 0 Å². The number of nitrogens with one attached hydrogen (secondary N) is 1. The van der Waals surface area contributed by atoms with E-state index in [9.17, 15) is 13.2 Å². The molecule has 0 saturated heterocycles. The molecule has 1 N–H and O–H groups in total. The third kappa shape index (κ3) is 1.98. The van der Waals surface area contributed by atoms with Crippen molar-refractivity contribution in [2.24, 2.45) is 0 Å². The Morgan fingerprint density at radius 2 is 2.00 bits per heavy atom. The van der Waals surface area contributed by atoms with Crippen molar-refractivity contribution in [3.05, 3.63) is 36.3 Å². The zero-order valence-corrected chi connectivity index (χ0v) is 7.42. The van der Waals surface area contributed by atoms with Crippen molar-refractivity contribution < 1.29 is 13.2 Å². The topological polar surface area (TPSA) is 41.6 Å². The van der Waals surface area contributed by atoms with Crippen molar-refractivity contribution in [2.45, 2.75) is 6.18 Å². The van der Waals surface area contributed by atoms with E-state index < -0.39 is 11.9 Å². The molecule has 0 aliphatic carbocycles. The van der Waals surface area contributed by atoms with Crippen LogP contribution in [0.1, 0.15) is 5.69 Å². The SMILES string of the molecule is FC(F)(F)c1cccc(-c2cn[nH]c2)n1. The Morgan fingerprint density at radius 1 is 1.20 bits per heavy atom. The van der Waals surface area contributed by atoms with Crippen LogP contribution < -0.4 is 0 Å². The van der Waals surface area contributed by atoms with Gasteiger partial charge in [-0.05, 0) is 12.1 Å². The maximum Gasteiger partial charge on any atom is 0.433 e. The number of aromatic nitrogens is 3. The maximum atomic E-state index is 12.3. The Hall–Kier alpha value is -1.85. The number of halogens is 3. The molecule has 0 fully saturated rings. The number of nitrogens with zero attached hydrogens (tertiary/aromatic N) is 2. The molecule has 0 aliphatic rings. The first-order valence-electron chi connectivity index (χ1n) is 4.11. The summed E-state index contributed by atoms with van der Waals surface area (Å²) in [5.74, 6) is 0. The Balaban J connectivity index is 2.44. The van der Waals surface area contributed by atoms with Crippen molar-refractivity contribution in [1.29, 1.82) is 0 Å². The smallest absolute Gasteiger partial charge is 0.285 e. The summed E-state index contributed by atoms with van der Waals surface area (Å²) < 4.78 is 37.0. The zero-order chi connectivity index (χ0) is 10.9. The van der Waals surface area contributed by atoms with Gasteiger partial charge in [-0.2, -0.15) is 18.3 Å². The van der Waals surface area contributed by atoms with Crippen LogP contribution >= 0.6 is 0 Å². The van der Waals surface area contributed by atoms with Gasteiger partial charge in [-0.25, -0.2) is 4.98 Å². The molecule has 0 saturated carbocycles. The Morgan fingerprint density at radius 3 is 2.60 bits per heavy atom. The number of hydrogen-bond donors (Lipinski definition) is 1. The van der Waals surface area contributed by atoms with Crippen molar-refractivity contribution >= 4 is 0 Å². The normalized spacial score (nSPS) is 11.7. The molecule has 0 aromatic carbocycles. The third-order valence-corrected chi connectivity index (χ3v) is 1.83. The van der Waals surface area contributed by atoms with Crippen LogP contribution in [0.2, 0.25) is 0 Å². The number of aromatic amines is 1. The summed E-state index contributed by atoms with van der Waals surface area (Å²) in [6.07, 6.45) is -1.51. The lowest BCUT2D eigenvalue weighted by Gasteiger charge is -2.06. The van der Waals surface area contributed by atoms with Crippen molar-refractivity contribution in [3.63, 3.8) is 0 Å². The zero-order valence-electron chi connectivity index (χ0n) is 7.42.